The van der Waals surface area contributed by atoms with Crippen LogP contribution in [0.2, 0.25) is 5.02 Å². The minimum absolute atomic E-state index is 0.216. The third-order valence-electron chi connectivity index (χ3n) is 5.07. The number of thiophene rings is 1. The number of halogens is 1. The summed E-state index contributed by atoms with van der Waals surface area (Å²) in [5.74, 6) is 1.09. The summed E-state index contributed by atoms with van der Waals surface area (Å²) in [5.41, 5.74) is 1.09. The Bertz CT molecular complexity index is 914. The van der Waals surface area contributed by atoms with Gasteiger partial charge in [-0.3, -0.25) is 9.69 Å². The van der Waals surface area contributed by atoms with Gasteiger partial charge in [-0.05, 0) is 30.3 Å². The molecule has 4 rings (SSSR count). The van der Waals surface area contributed by atoms with Gasteiger partial charge in [-0.1, -0.05) is 29.8 Å². The Balaban J connectivity index is 1.27. The zero-order chi connectivity index (χ0) is 19.3. The molecule has 1 saturated heterocycles. The molecule has 1 aliphatic rings. The Labute approximate surface area is 174 Å². The molecule has 0 radical (unpaired) electrons. The molecule has 6 heteroatoms. The normalized spacial score (nSPS) is 15.1. The molecule has 0 saturated carbocycles. The molecular weight excluding hydrogens is 392 g/mol. The Morgan fingerprint density at radius 2 is 1.86 bits per heavy atom. The van der Waals surface area contributed by atoms with Crippen LogP contribution in [0.3, 0.4) is 0 Å². The van der Waals surface area contributed by atoms with Crippen molar-refractivity contribution in [2.45, 2.75) is 19.4 Å². The molecule has 3 heterocycles. The number of piperazine rings is 1. The highest BCUT2D eigenvalue weighted by atomic mass is 35.5. The monoisotopic (exact) mass is 414 g/mol. The molecule has 1 fully saturated rings. The van der Waals surface area contributed by atoms with Crippen LogP contribution in [0.15, 0.2) is 59.2 Å². The predicted molar refractivity (Wildman–Crippen MR) is 114 cm³/mol. The first-order valence-corrected chi connectivity index (χ1v) is 10.7. The second-order valence-electron chi connectivity index (χ2n) is 6.98. The number of hydrogen-bond acceptors (Lipinski definition) is 4. The Morgan fingerprint density at radius 3 is 2.61 bits per heavy atom. The van der Waals surface area contributed by atoms with Gasteiger partial charge in [-0.25, -0.2) is 0 Å². The second-order valence-corrected chi connectivity index (χ2v) is 8.56. The quantitative estimate of drug-likeness (QED) is 0.573. The van der Waals surface area contributed by atoms with Crippen LogP contribution in [0, 0.1) is 0 Å². The van der Waals surface area contributed by atoms with Gasteiger partial charge >= 0.3 is 0 Å². The van der Waals surface area contributed by atoms with Crippen molar-refractivity contribution in [1.82, 2.24) is 9.80 Å². The van der Waals surface area contributed by atoms with Crippen LogP contribution < -0.4 is 0 Å². The van der Waals surface area contributed by atoms with Gasteiger partial charge in [0.05, 0.1) is 6.26 Å². The first-order valence-electron chi connectivity index (χ1n) is 9.55. The summed E-state index contributed by atoms with van der Waals surface area (Å²) in [6.45, 7) is 4.32. The smallest absolute Gasteiger partial charge is 0.223 e. The van der Waals surface area contributed by atoms with Crippen molar-refractivity contribution in [3.63, 3.8) is 0 Å². The van der Waals surface area contributed by atoms with E-state index in [0.717, 1.165) is 49.1 Å². The van der Waals surface area contributed by atoms with E-state index in [1.54, 1.807) is 17.6 Å². The van der Waals surface area contributed by atoms with E-state index in [1.165, 1.54) is 9.75 Å². The van der Waals surface area contributed by atoms with Crippen LogP contribution in [-0.4, -0.2) is 41.9 Å². The summed E-state index contributed by atoms with van der Waals surface area (Å²) in [4.78, 5) is 19.3. The summed E-state index contributed by atoms with van der Waals surface area (Å²) in [6, 6.07) is 16.1. The van der Waals surface area contributed by atoms with Gasteiger partial charge < -0.3 is 9.32 Å². The van der Waals surface area contributed by atoms with Crippen molar-refractivity contribution in [2.75, 3.05) is 26.2 Å². The highest BCUT2D eigenvalue weighted by Crippen LogP contribution is 2.33. The minimum atomic E-state index is 0.216. The number of benzene rings is 1. The lowest BCUT2D eigenvalue weighted by atomic mass is 10.2. The lowest BCUT2D eigenvalue weighted by Crippen LogP contribution is -2.48. The SMILES string of the molecule is O=C(CCc1ccco1)N1CCN(Cc2ccc(-c3ccccc3Cl)s2)CC1. The number of hydrogen-bond donors (Lipinski definition) is 0. The fourth-order valence-corrected chi connectivity index (χ4v) is 4.87. The highest BCUT2D eigenvalue weighted by molar-refractivity contribution is 7.15. The molecule has 146 valence electrons. The molecule has 4 nitrogen and oxygen atoms in total. The van der Waals surface area contributed by atoms with E-state index in [2.05, 4.69) is 23.1 Å². The topological polar surface area (TPSA) is 36.7 Å². The Kier molecular flexibility index (Phi) is 6.15. The van der Waals surface area contributed by atoms with Crippen LogP contribution in [-0.2, 0) is 17.8 Å². The van der Waals surface area contributed by atoms with E-state index in [9.17, 15) is 4.79 Å². The second kappa shape index (κ2) is 8.95. The van der Waals surface area contributed by atoms with E-state index < -0.39 is 0 Å². The van der Waals surface area contributed by atoms with Gasteiger partial charge in [0, 0.05) is 65.9 Å². The van der Waals surface area contributed by atoms with Crippen LogP contribution in [0.4, 0.5) is 0 Å². The van der Waals surface area contributed by atoms with Gasteiger partial charge in [0.1, 0.15) is 5.76 Å². The number of rotatable bonds is 6. The Morgan fingerprint density at radius 1 is 1.04 bits per heavy atom. The number of carbonyl (C=O) groups excluding carboxylic acids is 1. The van der Waals surface area contributed by atoms with Crippen molar-refractivity contribution in [2.24, 2.45) is 0 Å². The molecule has 0 spiro atoms. The average Bonchev–Trinajstić information content (AvgIpc) is 3.39. The summed E-state index contributed by atoms with van der Waals surface area (Å²) < 4.78 is 5.31. The standard InChI is InChI=1S/C22H23ClN2O2S/c23-20-6-2-1-5-19(20)21-9-8-18(28-21)16-24-11-13-25(14-12-24)22(26)10-7-17-4-3-15-27-17/h1-6,8-9,15H,7,10-14,16H2. The average molecular weight is 415 g/mol. The molecule has 1 aromatic carbocycles. The fourth-order valence-electron chi connectivity index (χ4n) is 3.49. The molecular formula is C22H23ClN2O2S. The number of amides is 1. The largest absolute Gasteiger partial charge is 0.469 e. The highest BCUT2D eigenvalue weighted by Gasteiger charge is 2.21. The molecule has 0 aliphatic carbocycles. The molecule has 0 atom stereocenters. The van der Waals surface area contributed by atoms with E-state index in [4.69, 9.17) is 16.0 Å². The van der Waals surface area contributed by atoms with Gasteiger partial charge in [0.2, 0.25) is 5.91 Å². The van der Waals surface area contributed by atoms with Crippen LogP contribution in [0.1, 0.15) is 17.1 Å². The van der Waals surface area contributed by atoms with E-state index in [-0.39, 0.29) is 5.91 Å². The molecule has 0 N–H and O–H groups in total. The van der Waals surface area contributed by atoms with Crippen molar-refractivity contribution >= 4 is 28.8 Å². The van der Waals surface area contributed by atoms with Gasteiger partial charge in [0.15, 0.2) is 0 Å². The summed E-state index contributed by atoms with van der Waals surface area (Å²) in [7, 11) is 0. The van der Waals surface area contributed by atoms with E-state index in [1.807, 2.05) is 35.2 Å². The molecule has 1 amide bonds. The van der Waals surface area contributed by atoms with Crippen LogP contribution in [0.5, 0.6) is 0 Å². The summed E-state index contributed by atoms with van der Waals surface area (Å²) in [5, 5.41) is 0.789. The lowest BCUT2D eigenvalue weighted by molar-refractivity contribution is -0.133. The lowest BCUT2D eigenvalue weighted by Gasteiger charge is -2.34. The zero-order valence-electron chi connectivity index (χ0n) is 15.6. The van der Waals surface area contributed by atoms with Crippen molar-refractivity contribution in [3.8, 4) is 10.4 Å². The van der Waals surface area contributed by atoms with Gasteiger partial charge in [-0.2, -0.15) is 0 Å². The van der Waals surface area contributed by atoms with Gasteiger partial charge in [0.25, 0.3) is 0 Å². The molecule has 0 unspecified atom stereocenters. The summed E-state index contributed by atoms with van der Waals surface area (Å²) in [6.07, 6.45) is 2.84. The maximum Gasteiger partial charge on any atom is 0.223 e. The van der Waals surface area contributed by atoms with Crippen LogP contribution >= 0.6 is 22.9 Å². The molecule has 3 aromatic rings. The minimum Gasteiger partial charge on any atom is -0.469 e. The van der Waals surface area contributed by atoms with Gasteiger partial charge in [-0.15, -0.1) is 11.3 Å². The maximum atomic E-state index is 12.4. The molecule has 0 bridgehead atoms. The molecule has 28 heavy (non-hydrogen) atoms. The molecule has 2 aromatic heterocycles. The predicted octanol–water partition coefficient (Wildman–Crippen LogP) is 4.94. The zero-order valence-corrected chi connectivity index (χ0v) is 17.2. The summed E-state index contributed by atoms with van der Waals surface area (Å²) >= 11 is 8.11. The Hall–Kier alpha value is -2.08. The van der Waals surface area contributed by atoms with E-state index >= 15 is 0 Å². The first-order chi connectivity index (χ1) is 13.7. The third kappa shape index (κ3) is 4.66. The fraction of sp³-hybridized carbons (Fsp3) is 0.318. The van der Waals surface area contributed by atoms with Crippen molar-refractivity contribution < 1.29 is 9.21 Å². The first kappa shape index (κ1) is 19.2. The van der Waals surface area contributed by atoms with E-state index in [0.29, 0.717) is 12.8 Å². The number of carbonyl (C=O) groups is 1. The number of aryl methyl sites for hydroxylation is 1. The maximum absolute atomic E-state index is 12.4. The van der Waals surface area contributed by atoms with Crippen molar-refractivity contribution in [3.05, 3.63) is 70.5 Å². The van der Waals surface area contributed by atoms with Crippen molar-refractivity contribution in [1.29, 1.82) is 0 Å². The number of nitrogens with zero attached hydrogens (tertiary/aromatic N) is 2. The number of furan rings is 1. The molecule has 1 aliphatic heterocycles. The van der Waals surface area contributed by atoms with Crippen LogP contribution in [0.25, 0.3) is 10.4 Å². The third-order valence-corrected chi connectivity index (χ3v) is 6.50.